The summed E-state index contributed by atoms with van der Waals surface area (Å²) in [4.78, 5) is 10.1. The molecule has 0 spiro atoms. The molecule has 1 N–H and O–H groups in total. The number of hydrogen-bond acceptors (Lipinski definition) is 2. The molecule has 4 heteroatoms. The van der Waals surface area contributed by atoms with E-state index in [1.165, 1.54) is 83.6 Å². The Morgan fingerprint density at radius 3 is 2.59 bits per heavy atom. The molecule has 1 atom stereocenters. The minimum absolute atomic E-state index is 0.838. The second-order valence-corrected chi connectivity index (χ2v) is 7.43. The van der Waals surface area contributed by atoms with Crippen molar-refractivity contribution in [3.05, 3.63) is 0 Å². The normalized spacial score (nSPS) is 27.4. The molecular formula is C18H34N4. The zero-order valence-electron chi connectivity index (χ0n) is 14.4. The second-order valence-electron chi connectivity index (χ2n) is 7.43. The molecule has 0 bridgehead atoms. The van der Waals surface area contributed by atoms with Crippen molar-refractivity contribution in [3.63, 3.8) is 0 Å². The van der Waals surface area contributed by atoms with Gasteiger partial charge in [0.1, 0.15) is 0 Å². The predicted octanol–water partition coefficient (Wildman–Crippen LogP) is 2.56. The standard InChI is InChI=1S/C18H34N4/c1-2-19-18(20-10-8-16-6-7-16)22-13-9-17(15-22)14-21-11-4-3-5-12-21/h16-17H,2-15H2,1H3,(H,19,20). The number of aliphatic imine (C=N–C) groups is 1. The Hall–Kier alpha value is -0.770. The molecule has 126 valence electrons. The minimum Gasteiger partial charge on any atom is -0.357 e. The fraction of sp³-hybridized carbons (Fsp3) is 0.944. The van der Waals surface area contributed by atoms with Crippen molar-refractivity contribution in [2.75, 3.05) is 45.8 Å². The van der Waals surface area contributed by atoms with Gasteiger partial charge in [-0.3, -0.25) is 4.99 Å². The highest BCUT2D eigenvalue weighted by atomic mass is 15.3. The first-order chi connectivity index (χ1) is 10.8. The van der Waals surface area contributed by atoms with E-state index in [4.69, 9.17) is 4.99 Å². The van der Waals surface area contributed by atoms with E-state index in [1.54, 1.807) is 0 Å². The average Bonchev–Trinajstić information content (AvgIpc) is 3.25. The van der Waals surface area contributed by atoms with Gasteiger partial charge in [0.05, 0.1) is 0 Å². The molecule has 0 radical (unpaired) electrons. The van der Waals surface area contributed by atoms with E-state index in [0.29, 0.717) is 0 Å². The quantitative estimate of drug-likeness (QED) is 0.604. The van der Waals surface area contributed by atoms with Crippen LogP contribution in [0.5, 0.6) is 0 Å². The Morgan fingerprint density at radius 1 is 1.05 bits per heavy atom. The molecule has 1 saturated carbocycles. The van der Waals surface area contributed by atoms with Gasteiger partial charge in [0.15, 0.2) is 5.96 Å². The number of nitrogens with one attached hydrogen (secondary N) is 1. The number of hydrogen-bond donors (Lipinski definition) is 1. The molecule has 3 aliphatic rings. The van der Waals surface area contributed by atoms with Gasteiger partial charge in [-0.25, -0.2) is 0 Å². The number of guanidine groups is 1. The Morgan fingerprint density at radius 2 is 1.86 bits per heavy atom. The maximum absolute atomic E-state index is 4.87. The molecule has 1 unspecified atom stereocenters. The highest BCUT2D eigenvalue weighted by Gasteiger charge is 2.27. The van der Waals surface area contributed by atoms with Crippen LogP contribution in [0, 0.1) is 11.8 Å². The lowest BCUT2D eigenvalue weighted by molar-refractivity contribution is 0.198. The maximum atomic E-state index is 4.87. The highest BCUT2D eigenvalue weighted by Crippen LogP contribution is 2.32. The van der Waals surface area contributed by atoms with Crippen LogP contribution >= 0.6 is 0 Å². The molecule has 22 heavy (non-hydrogen) atoms. The zero-order chi connectivity index (χ0) is 15.2. The van der Waals surface area contributed by atoms with E-state index < -0.39 is 0 Å². The molecule has 0 aromatic heterocycles. The smallest absolute Gasteiger partial charge is 0.193 e. The largest absolute Gasteiger partial charge is 0.357 e. The molecule has 2 saturated heterocycles. The van der Waals surface area contributed by atoms with Crippen LogP contribution in [0.4, 0.5) is 0 Å². The van der Waals surface area contributed by atoms with E-state index in [9.17, 15) is 0 Å². The van der Waals surface area contributed by atoms with Gasteiger partial charge in [-0.15, -0.1) is 0 Å². The number of nitrogens with zero attached hydrogens (tertiary/aromatic N) is 3. The van der Waals surface area contributed by atoms with Crippen molar-refractivity contribution >= 4 is 5.96 Å². The summed E-state index contributed by atoms with van der Waals surface area (Å²) in [6.07, 6.45) is 9.75. The van der Waals surface area contributed by atoms with Crippen molar-refractivity contribution in [2.24, 2.45) is 16.8 Å². The van der Waals surface area contributed by atoms with Gasteiger partial charge in [0, 0.05) is 32.7 Å². The Balaban J connectivity index is 1.45. The summed E-state index contributed by atoms with van der Waals surface area (Å²) < 4.78 is 0. The van der Waals surface area contributed by atoms with Gasteiger partial charge in [-0.1, -0.05) is 19.3 Å². The van der Waals surface area contributed by atoms with Gasteiger partial charge in [0.25, 0.3) is 0 Å². The van der Waals surface area contributed by atoms with E-state index >= 15 is 0 Å². The van der Waals surface area contributed by atoms with Crippen LogP contribution < -0.4 is 5.32 Å². The van der Waals surface area contributed by atoms with Gasteiger partial charge >= 0.3 is 0 Å². The lowest BCUT2D eigenvalue weighted by atomic mass is 10.1. The Labute approximate surface area is 136 Å². The molecule has 3 rings (SSSR count). The van der Waals surface area contributed by atoms with Crippen molar-refractivity contribution in [1.82, 2.24) is 15.1 Å². The van der Waals surface area contributed by atoms with Gasteiger partial charge in [-0.05, 0) is 57.5 Å². The number of likely N-dealkylation sites (tertiary alicyclic amines) is 2. The van der Waals surface area contributed by atoms with E-state index in [-0.39, 0.29) is 0 Å². The van der Waals surface area contributed by atoms with Crippen LogP contribution in [-0.2, 0) is 0 Å². The molecular weight excluding hydrogens is 272 g/mol. The number of rotatable bonds is 6. The summed E-state index contributed by atoms with van der Waals surface area (Å²) in [6, 6.07) is 0. The van der Waals surface area contributed by atoms with Crippen molar-refractivity contribution in [3.8, 4) is 0 Å². The third-order valence-electron chi connectivity index (χ3n) is 5.38. The third kappa shape index (κ3) is 4.87. The summed E-state index contributed by atoms with van der Waals surface area (Å²) in [5, 5.41) is 3.51. The minimum atomic E-state index is 0.838. The van der Waals surface area contributed by atoms with E-state index in [1.807, 2.05) is 0 Å². The van der Waals surface area contributed by atoms with Crippen molar-refractivity contribution in [2.45, 2.75) is 51.9 Å². The SMILES string of the molecule is CCNC(=NCCC1CC1)N1CCC(CN2CCCCC2)C1. The Bertz CT molecular complexity index is 358. The lowest BCUT2D eigenvalue weighted by Gasteiger charge is -2.29. The average molecular weight is 306 g/mol. The third-order valence-corrected chi connectivity index (χ3v) is 5.38. The van der Waals surface area contributed by atoms with Crippen molar-refractivity contribution < 1.29 is 0 Å². The molecule has 2 heterocycles. The summed E-state index contributed by atoms with van der Waals surface area (Å²) in [6.45, 7) is 10.5. The summed E-state index contributed by atoms with van der Waals surface area (Å²) in [7, 11) is 0. The van der Waals surface area contributed by atoms with Crippen LogP contribution in [0.2, 0.25) is 0 Å². The second kappa shape index (κ2) is 8.19. The molecule has 0 aromatic carbocycles. The molecule has 0 aromatic rings. The van der Waals surface area contributed by atoms with E-state index in [2.05, 4.69) is 22.0 Å². The van der Waals surface area contributed by atoms with Crippen LogP contribution in [0.3, 0.4) is 0 Å². The monoisotopic (exact) mass is 306 g/mol. The summed E-state index contributed by atoms with van der Waals surface area (Å²) in [5.41, 5.74) is 0. The first-order valence-corrected chi connectivity index (χ1v) is 9.60. The first-order valence-electron chi connectivity index (χ1n) is 9.60. The molecule has 2 aliphatic heterocycles. The fourth-order valence-corrected chi connectivity index (χ4v) is 3.87. The summed E-state index contributed by atoms with van der Waals surface area (Å²) in [5.74, 6) is 2.99. The van der Waals surface area contributed by atoms with Gasteiger partial charge in [-0.2, -0.15) is 0 Å². The van der Waals surface area contributed by atoms with Crippen LogP contribution in [-0.4, -0.2) is 61.6 Å². The van der Waals surface area contributed by atoms with Gasteiger partial charge < -0.3 is 15.1 Å². The highest BCUT2D eigenvalue weighted by molar-refractivity contribution is 5.80. The molecule has 3 fully saturated rings. The Kier molecular flexibility index (Phi) is 5.99. The zero-order valence-corrected chi connectivity index (χ0v) is 14.4. The predicted molar refractivity (Wildman–Crippen MR) is 93.3 cm³/mol. The summed E-state index contributed by atoms with van der Waals surface area (Å²) >= 11 is 0. The fourth-order valence-electron chi connectivity index (χ4n) is 3.87. The molecule has 4 nitrogen and oxygen atoms in total. The van der Waals surface area contributed by atoms with Crippen molar-refractivity contribution in [1.29, 1.82) is 0 Å². The molecule has 1 aliphatic carbocycles. The number of piperidine rings is 1. The van der Waals surface area contributed by atoms with Crippen LogP contribution in [0.15, 0.2) is 4.99 Å². The van der Waals surface area contributed by atoms with E-state index in [0.717, 1.165) is 24.9 Å². The maximum Gasteiger partial charge on any atom is 0.193 e. The topological polar surface area (TPSA) is 30.9 Å². The first kappa shape index (κ1) is 16.1. The van der Waals surface area contributed by atoms with Crippen LogP contribution in [0.1, 0.15) is 51.9 Å². The lowest BCUT2D eigenvalue weighted by Crippen LogP contribution is -2.41. The molecule has 0 amide bonds. The van der Waals surface area contributed by atoms with Gasteiger partial charge in [0.2, 0.25) is 0 Å². The van der Waals surface area contributed by atoms with Crippen LogP contribution in [0.25, 0.3) is 0 Å².